The smallest absolute Gasteiger partial charge is 0.252 e. The second-order valence-corrected chi connectivity index (χ2v) is 22.3. The van der Waals surface area contributed by atoms with E-state index in [9.17, 15) is 0 Å². The van der Waals surface area contributed by atoms with E-state index in [4.69, 9.17) is 8.83 Å². The first-order valence-corrected chi connectivity index (χ1v) is 22.7. The minimum Gasteiger partial charge on any atom is -0.454 e. The molecule has 0 aliphatic carbocycles. The Morgan fingerprint density at radius 2 is 0.714 bits per heavy atom. The summed E-state index contributed by atoms with van der Waals surface area (Å²) in [7, 11) is 0. The zero-order valence-corrected chi connectivity index (χ0v) is 38.9. The summed E-state index contributed by atoms with van der Waals surface area (Å²) >= 11 is 0. The van der Waals surface area contributed by atoms with Gasteiger partial charge in [-0.3, -0.25) is 0 Å². The Kier molecular flexibility index (Phi) is 8.29. The number of fused-ring (bicyclic) bond motifs is 10. The van der Waals surface area contributed by atoms with Gasteiger partial charge in [0, 0.05) is 44.3 Å². The summed E-state index contributed by atoms with van der Waals surface area (Å²) in [6.07, 6.45) is 0. The van der Waals surface area contributed by atoms with Gasteiger partial charge in [-0.1, -0.05) is 138 Å². The van der Waals surface area contributed by atoms with Gasteiger partial charge < -0.3 is 18.6 Å². The normalized spacial score (nSPS) is 14.3. The molecule has 0 radical (unpaired) electrons. The van der Waals surface area contributed by atoms with Gasteiger partial charge in [0.2, 0.25) is 0 Å². The summed E-state index contributed by atoms with van der Waals surface area (Å²) in [6.45, 7) is 27.6. The van der Waals surface area contributed by atoms with Crippen molar-refractivity contribution in [3.63, 3.8) is 0 Å². The Morgan fingerprint density at radius 1 is 0.349 bits per heavy atom. The van der Waals surface area contributed by atoms with Crippen molar-refractivity contribution in [2.24, 2.45) is 0 Å². The fourth-order valence-corrected chi connectivity index (χ4v) is 10.2. The van der Waals surface area contributed by atoms with Gasteiger partial charge in [-0.2, -0.15) is 0 Å². The zero-order valence-electron chi connectivity index (χ0n) is 38.9. The van der Waals surface area contributed by atoms with Gasteiger partial charge in [-0.25, -0.2) is 0 Å². The number of para-hydroxylation sites is 2. The van der Waals surface area contributed by atoms with Crippen LogP contribution in [0.15, 0.2) is 136 Å². The first-order chi connectivity index (χ1) is 29.8. The number of hydrogen-bond acceptors (Lipinski definition) is 4. The first-order valence-electron chi connectivity index (χ1n) is 22.7. The van der Waals surface area contributed by atoms with E-state index in [0.29, 0.717) is 0 Å². The average molecular weight is 825 g/mol. The first kappa shape index (κ1) is 39.6. The fraction of sp³-hybridized carbons (Fsp3) is 0.276. The SMILES string of the molecule is CC(C)(C)c1ccc2oc3c(N4c5ccccc5B5c6ccccc6N(c6cc(C(C)(C)C)cc7c6oc6ccc(C(C)(C)C)cc67)c6cccc4c65)cc(C(C)(C)C)cc3c2c1. The molecule has 0 amide bonds. The summed E-state index contributed by atoms with van der Waals surface area (Å²) < 4.78 is 14.1. The van der Waals surface area contributed by atoms with Gasteiger partial charge in [0.25, 0.3) is 6.71 Å². The van der Waals surface area contributed by atoms with Gasteiger partial charge in [0.05, 0.1) is 11.4 Å². The van der Waals surface area contributed by atoms with Gasteiger partial charge >= 0.3 is 0 Å². The third-order valence-electron chi connectivity index (χ3n) is 13.9. The number of anilines is 6. The van der Waals surface area contributed by atoms with E-state index in [-0.39, 0.29) is 28.4 Å². The molecule has 4 heterocycles. The third kappa shape index (κ3) is 6.02. The Hall–Kier alpha value is -6.20. The van der Waals surface area contributed by atoms with Crippen molar-refractivity contribution in [1.82, 2.24) is 0 Å². The lowest BCUT2D eigenvalue weighted by molar-refractivity contribution is 0.590. The molecule has 2 aliphatic heterocycles. The predicted octanol–water partition coefficient (Wildman–Crippen LogP) is 14.8. The summed E-state index contributed by atoms with van der Waals surface area (Å²) in [6, 6.07) is 47.9. The number of nitrogens with zero attached hydrogens (tertiary/aromatic N) is 2. The lowest BCUT2D eigenvalue weighted by Gasteiger charge is -2.44. The molecular formula is C58H57BN2O2. The molecule has 2 aromatic heterocycles. The summed E-state index contributed by atoms with van der Waals surface area (Å²) in [5.74, 6) is 0. The van der Waals surface area contributed by atoms with E-state index in [2.05, 4.69) is 220 Å². The van der Waals surface area contributed by atoms with Gasteiger partial charge in [0.1, 0.15) is 11.2 Å². The quantitative estimate of drug-likeness (QED) is 0.163. The molecule has 2 aliphatic rings. The van der Waals surface area contributed by atoms with Crippen LogP contribution in [0.1, 0.15) is 105 Å². The second kappa shape index (κ2) is 13.2. The maximum absolute atomic E-state index is 7.03. The molecule has 0 atom stereocenters. The molecule has 9 aromatic rings. The molecule has 314 valence electrons. The van der Waals surface area contributed by atoms with Crippen LogP contribution in [-0.4, -0.2) is 6.71 Å². The Morgan fingerprint density at radius 3 is 1.11 bits per heavy atom. The largest absolute Gasteiger partial charge is 0.454 e. The van der Waals surface area contributed by atoms with Crippen molar-refractivity contribution in [3.8, 4) is 0 Å². The van der Waals surface area contributed by atoms with Crippen LogP contribution in [0.4, 0.5) is 34.1 Å². The van der Waals surface area contributed by atoms with Crippen LogP contribution in [0.25, 0.3) is 43.9 Å². The number of furan rings is 2. The van der Waals surface area contributed by atoms with Crippen LogP contribution in [0, 0.1) is 0 Å². The number of rotatable bonds is 2. The van der Waals surface area contributed by atoms with E-state index in [1.165, 1.54) is 50.0 Å². The van der Waals surface area contributed by atoms with Crippen LogP contribution < -0.4 is 26.2 Å². The Bertz CT molecular complexity index is 3140. The van der Waals surface area contributed by atoms with Crippen molar-refractivity contribution in [1.29, 1.82) is 0 Å². The highest BCUT2D eigenvalue weighted by Gasteiger charge is 2.44. The van der Waals surface area contributed by atoms with Crippen LogP contribution in [0.3, 0.4) is 0 Å². The summed E-state index contributed by atoms with van der Waals surface area (Å²) in [5, 5.41) is 4.62. The standard InChI is InChI=1S/C58H57BN2O2/c1-55(2,3)34-24-26-50-38(28-34)40-30-36(57(7,8)9)32-48(53(40)62-50)60-44-20-15-13-18-42(44)59-43-19-14-16-21-45(43)61(47-23-17-22-46(60)52(47)59)49-33-37(58(10,11)12)31-41-39-29-35(56(4,5)6)25-27-51(39)63-54(41)49/h13-33H,1-12H3. The van der Waals surface area contributed by atoms with E-state index in [1.807, 2.05) is 0 Å². The minimum absolute atomic E-state index is 0.00402. The molecule has 0 unspecified atom stereocenters. The average Bonchev–Trinajstić information content (AvgIpc) is 3.80. The summed E-state index contributed by atoms with van der Waals surface area (Å²) in [4.78, 5) is 5.00. The lowest BCUT2D eigenvalue weighted by Crippen LogP contribution is -2.61. The van der Waals surface area contributed by atoms with Crippen molar-refractivity contribution in [2.75, 3.05) is 9.80 Å². The van der Waals surface area contributed by atoms with E-state index in [1.54, 1.807) is 0 Å². The highest BCUT2D eigenvalue weighted by atomic mass is 16.3. The molecule has 0 spiro atoms. The van der Waals surface area contributed by atoms with Crippen molar-refractivity contribution >= 4 is 101 Å². The van der Waals surface area contributed by atoms with Crippen LogP contribution in [-0.2, 0) is 21.7 Å². The topological polar surface area (TPSA) is 32.8 Å². The lowest BCUT2D eigenvalue weighted by atomic mass is 9.33. The van der Waals surface area contributed by atoms with Gasteiger partial charge in [-0.15, -0.1) is 0 Å². The van der Waals surface area contributed by atoms with Gasteiger partial charge in [-0.05, 0) is 133 Å². The monoisotopic (exact) mass is 824 g/mol. The maximum Gasteiger partial charge on any atom is 0.252 e. The molecule has 0 N–H and O–H groups in total. The Balaban J connectivity index is 1.22. The van der Waals surface area contributed by atoms with Crippen molar-refractivity contribution in [3.05, 3.63) is 150 Å². The van der Waals surface area contributed by atoms with E-state index in [0.717, 1.165) is 66.6 Å². The van der Waals surface area contributed by atoms with Crippen LogP contribution >= 0.6 is 0 Å². The second-order valence-electron chi connectivity index (χ2n) is 22.3. The molecule has 0 saturated heterocycles. The van der Waals surface area contributed by atoms with E-state index >= 15 is 0 Å². The van der Waals surface area contributed by atoms with Gasteiger partial charge in [0.15, 0.2) is 11.2 Å². The highest BCUT2D eigenvalue weighted by molar-refractivity contribution is 7.00. The van der Waals surface area contributed by atoms with Crippen molar-refractivity contribution < 1.29 is 8.83 Å². The molecule has 0 saturated carbocycles. The summed E-state index contributed by atoms with van der Waals surface area (Å²) in [5.41, 5.74) is 19.1. The fourth-order valence-electron chi connectivity index (χ4n) is 10.2. The molecular weight excluding hydrogens is 767 g/mol. The molecule has 11 rings (SSSR count). The molecule has 0 bridgehead atoms. The van der Waals surface area contributed by atoms with Crippen LogP contribution in [0.2, 0.25) is 0 Å². The zero-order chi connectivity index (χ0) is 44.1. The molecule has 5 heteroatoms. The molecule has 63 heavy (non-hydrogen) atoms. The van der Waals surface area contributed by atoms with Crippen LogP contribution in [0.5, 0.6) is 0 Å². The third-order valence-corrected chi connectivity index (χ3v) is 13.9. The molecule has 0 fully saturated rings. The number of benzene rings is 7. The number of hydrogen-bond donors (Lipinski definition) is 0. The van der Waals surface area contributed by atoms with Crippen molar-refractivity contribution in [2.45, 2.75) is 105 Å². The predicted molar refractivity (Wildman–Crippen MR) is 270 cm³/mol. The molecule has 7 aromatic carbocycles. The Labute approximate surface area is 372 Å². The minimum atomic E-state index is -0.110. The molecule has 4 nitrogen and oxygen atoms in total. The maximum atomic E-state index is 7.03. The van der Waals surface area contributed by atoms with E-state index < -0.39 is 0 Å². The highest BCUT2D eigenvalue weighted by Crippen LogP contribution is 2.50.